The molecule has 0 unspecified atom stereocenters. The second kappa shape index (κ2) is 8.06. The predicted molar refractivity (Wildman–Crippen MR) is 72.7 cm³/mol. The van der Waals surface area contributed by atoms with Crippen LogP contribution in [0.2, 0.25) is 0 Å². The van der Waals surface area contributed by atoms with Crippen LogP contribution in [0.15, 0.2) is 18.2 Å². The average molecular weight is 252 g/mol. The number of nitrogens with zero attached hydrogens (tertiary/aromatic N) is 2. The van der Waals surface area contributed by atoms with Crippen LogP contribution in [0.4, 0.5) is 0 Å². The number of methoxy groups -OCH3 is 1. The molecule has 1 aromatic heterocycles. The summed E-state index contributed by atoms with van der Waals surface area (Å²) in [6.07, 6.45) is 2.17. The van der Waals surface area contributed by atoms with Gasteiger partial charge in [-0.05, 0) is 18.9 Å². The summed E-state index contributed by atoms with van der Waals surface area (Å²) in [5, 5.41) is 9.17. The molecule has 1 heterocycles. The Kier molecular flexibility index (Phi) is 6.68. The zero-order valence-corrected chi connectivity index (χ0v) is 11.6. The lowest BCUT2D eigenvalue weighted by atomic mass is 10.1. The minimum Gasteiger partial charge on any atom is -0.481 e. The van der Waals surface area contributed by atoms with Gasteiger partial charge in [0.25, 0.3) is 0 Å². The number of hydrogen-bond donors (Lipinski definition) is 1. The first-order valence-electron chi connectivity index (χ1n) is 6.59. The number of aromatic nitrogens is 1. The summed E-state index contributed by atoms with van der Waals surface area (Å²) in [5.41, 5.74) is 0.981. The minimum absolute atomic E-state index is 0.181. The summed E-state index contributed by atoms with van der Waals surface area (Å²) in [6.45, 7) is 5.98. The third kappa shape index (κ3) is 4.27. The molecule has 0 aliphatic heterocycles. The van der Waals surface area contributed by atoms with E-state index in [1.807, 2.05) is 18.2 Å². The van der Waals surface area contributed by atoms with Crippen molar-refractivity contribution in [1.82, 2.24) is 9.88 Å². The molecule has 0 saturated carbocycles. The molecule has 4 heteroatoms. The summed E-state index contributed by atoms with van der Waals surface area (Å²) >= 11 is 0. The topological polar surface area (TPSA) is 45.6 Å². The van der Waals surface area contributed by atoms with E-state index >= 15 is 0 Å². The molecule has 0 saturated heterocycles. The van der Waals surface area contributed by atoms with Crippen LogP contribution in [0.3, 0.4) is 0 Å². The number of rotatable bonds is 8. The molecule has 18 heavy (non-hydrogen) atoms. The predicted octanol–water partition coefficient (Wildman–Crippen LogP) is 2.07. The molecule has 1 aromatic rings. The monoisotopic (exact) mass is 252 g/mol. The van der Waals surface area contributed by atoms with Gasteiger partial charge in [0.05, 0.1) is 19.4 Å². The highest BCUT2D eigenvalue weighted by Gasteiger charge is 2.15. The summed E-state index contributed by atoms with van der Waals surface area (Å²) in [4.78, 5) is 6.70. The Labute approximate surface area is 110 Å². The Morgan fingerprint density at radius 1 is 1.33 bits per heavy atom. The fraction of sp³-hybridized carbons (Fsp3) is 0.643. The van der Waals surface area contributed by atoms with Crippen molar-refractivity contribution in [3.8, 4) is 5.88 Å². The van der Waals surface area contributed by atoms with E-state index in [9.17, 15) is 0 Å². The highest BCUT2D eigenvalue weighted by Crippen LogP contribution is 2.14. The third-order valence-corrected chi connectivity index (χ3v) is 3.20. The van der Waals surface area contributed by atoms with Crippen molar-refractivity contribution in [1.29, 1.82) is 0 Å². The number of pyridine rings is 1. The van der Waals surface area contributed by atoms with Crippen molar-refractivity contribution in [3.05, 3.63) is 23.9 Å². The largest absolute Gasteiger partial charge is 0.481 e. The van der Waals surface area contributed by atoms with Gasteiger partial charge in [-0.15, -0.1) is 0 Å². The van der Waals surface area contributed by atoms with Crippen LogP contribution in [-0.2, 0) is 6.54 Å². The summed E-state index contributed by atoms with van der Waals surface area (Å²) in [5.74, 6) is 0.640. The number of aliphatic hydroxyl groups is 1. The normalized spacial score (nSPS) is 11.2. The average Bonchev–Trinajstić information content (AvgIpc) is 2.40. The van der Waals surface area contributed by atoms with Crippen LogP contribution in [0.25, 0.3) is 0 Å². The number of aliphatic hydroxyl groups excluding tert-OH is 1. The third-order valence-electron chi connectivity index (χ3n) is 3.20. The molecule has 0 aliphatic carbocycles. The summed E-state index contributed by atoms with van der Waals surface area (Å²) in [7, 11) is 1.62. The lowest BCUT2D eigenvalue weighted by Crippen LogP contribution is -2.36. The molecule has 0 aliphatic rings. The fourth-order valence-electron chi connectivity index (χ4n) is 2.19. The molecule has 102 valence electrons. The minimum atomic E-state index is 0.181. The fourth-order valence-corrected chi connectivity index (χ4v) is 2.19. The maximum absolute atomic E-state index is 9.17. The van der Waals surface area contributed by atoms with Gasteiger partial charge in [-0.1, -0.05) is 19.9 Å². The van der Waals surface area contributed by atoms with Crippen LogP contribution in [-0.4, -0.2) is 41.3 Å². The van der Waals surface area contributed by atoms with E-state index in [4.69, 9.17) is 9.84 Å². The van der Waals surface area contributed by atoms with E-state index in [2.05, 4.69) is 23.7 Å². The molecule has 0 fully saturated rings. The molecule has 1 N–H and O–H groups in total. The van der Waals surface area contributed by atoms with E-state index in [1.165, 1.54) is 0 Å². The van der Waals surface area contributed by atoms with Crippen molar-refractivity contribution < 1.29 is 9.84 Å². The van der Waals surface area contributed by atoms with E-state index in [0.717, 1.165) is 25.1 Å². The quantitative estimate of drug-likeness (QED) is 0.769. The maximum atomic E-state index is 9.17. The van der Waals surface area contributed by atoms with Gasteiger partial charge < -0.3 is 9.84 Å². The van der Waals surface area contributed by atoms with Crippen LogP contribution in [0, 0.1) is 0 Å². The first-order valence-corrected chi connectivity index (χ1v) is 6.59. The van der Waals surface area contributed by atoms with Gasteiger partial charge >= 0.3 is 0 Å². The summed E-state index contributed by atoms with van der Waals surface area (Å²) in [6, 6.07) is 6.28. The zero-order chi connectivity index (χ0) is 13.4. The molecule has 0 bridgehead atoms. The second-order valence-corrected chi connectivity index (χ2v) is 4.34. The standard InChI is InChI=1S/C14H24N2O2/c1-4-13(5-2)16(9-10-17)11-12-7-6-8-14(15-12)18-3/h6-8,13,17H,4-5,9-11H2,1-3H3. The molecule has 4 nitrogen and oxygen atoms in total. The van der Waals surface area contributed by atoms with Crippen LogP contribution >= 0.6 is 0 Å². The van der Waals surface area contributed by atoms with Gasteiger partial charge in [-0.3, -0.25) is 4.90 Å². The number of ether oxygens (including phenoxy) is 1. The Morgan fingerprint density at radius 3 is 2.61 bits per heavy atom. The zero-order valence-electron chi connectivity index (χ0n) is 11.6. The van der Waals surface area contributed by atoms with Gasteiger partial charge in [0.15, 0.2) is 0 Å². The summed E-state index contributed by atoms with van der Waals surface area (Å²) < 4.78 is 5.13. The first-order chi connectivity index (χ1) is 8.74. The molecule has 0 amide bonds. The van der Waals surface area contributed by atoms with Crippen molar-refractivity contribution in [2.24, 2.45) is 0 Å². The van der Waals surface area contributed by atoms with E-state index in [0.29, 0.717) is 18.5 Å². The lowest BCUT2D eigenvalue weighted by molar-refractivity contribution is 0.135. The van der Waals surface area contributed by atoms with E-state index < -0.39 is 0 Å². The molecule has 1 rings (SSSR count). The Balaban J connectivity index is 2.75. The van der Waals surface area contributed by atoms with Crippen molar-refractivity contribution in [2.45, 2.75) is 39.3 Å². The molecule has 0 radical (unpaired) electrons. The van der Waals surface area contributed by atoms with E-state index in [-0.39, 0.29) is 6.61 Å². The van der Waals surface area contributed by atoms with Crippen molar-refractivity contribution in [3.63, 3.8) is 0 Å². The Morgan fingerprint density at radius 2 is 2.06 bits per heavy atom. The van der Waals surface area contributed by atoms with Gasteiger partial charge in [0.2, 0.25) is 5.88 Å². The van der Waals surface area contributed by atoms with Crippen LogP contribution in [0.1, 0.15) is 32.4 Å². The molecular formula is C14H24N2O2. The highest BCUT2D eigenvalue weighted by molar-refractivity contribution is 5.15. The van der Waals surface area contributed by atoms with Crippen LogP contribution in [0.5, 0.6) is 5.88 Å². The smallest absolute Gasteiger partial charge is 0.213 e. The lowest BCUT2D eigenvalue weighted by Gasteiger charge is -2.29. The van der Waals surface area contributed by atoms with Crippen molar-refractivity contribution in [2.75, 3.05) is 20.3 Å². The van der Waals surface area contributed by atoms with Crippen LogP contribution < -0.4 is 4.74 Å². The molecular weight excluding hydrogens is 228 g/mol. The first kappa shape index (κ1) is 14.9. The van der Waals surface area contributed by atoms with Gasteiger partial charge in [-0.2, -0.15) is 0 Å². The second-order valence-electron chi connectivity index (χ2n) is 4.34. The van der Waals surface area contributed by atoms with Gasteiger partial charge in [0, 0.05) is 25.2 Å². The number of hydrogen-bond acceptors (Lipinski definition) is 4. The van der Waals surface area contributed by atoms with Crippen molar-refractivity contribution >= 4 is 0 Å². The maximum Gasteiger partial charge on any atom is 0.213 e. The molecule has 0 spiro atoms. The van der Waals surface area contributed by atoms with Gasteiger partial charge in [-0.25, -0.2) is 4.98 Å². The molecule has 0 aromatic carbocycles. The Bertz CT molecular complexity index is 340. The van der Waals surface area contributed by atoms with Gasteiger partial charge in [0.1, 0.15) is 0 Å². The highest BCUT2D eigenvalue weighted by atomic mass is 16.5. The molecule has 0 atom stereocenters. The Hall–Kier alpha value is -1.13. The van der Waals surface area contributed by atoms with E-state index in [1.54, 1.807) is 7.11 Å². The SMILES string of the molecule is CCC(CC)N(CCO)Cc1cccc(OC)n1.